The highest BCUT2D eigenvalue weighted by Gasteiger charge is 2.68. The molecule has 6 atom stereocenters. The van der Waals surface area contributed by atoms with Crippen LogP contribution in [0.5, 0.6) is 0 Å². The zero-order valence-corrected chi connectivity index (χ0v) is 17.6. The lowest BCUT2D eigenvalue weighted by molar-refractivity contribution is -0.186. The van der Waals surface area contributed by atoms with Gasteiger partial charge in [0.05, 0.1) is 0 Å². The number of rotatable bonds is 2. The molecular formula is C24H32O4. The summed E-state index contributed by atoms with van der Waals surface area (Å²) < 4.78 is 5.82. The van der Waals surface area contributed by atoms with Gasteiger partial charge < -0.3 is 4.74 Å². The summed E-state index contributed by atoms with van der Waals surface area (Å²) in [5, 5.41) is 0. The summed E-state index contributed by atoms with van der Waals surface area (Å²) in [5.41, 5.74) is 0.944. The molecule has 0 aromatic rings. The molecule has 0 heterocycles. The number of Topliss-reactive ketones (excluding diaryl/α,β-unsaturated/α-hetero) is 1. The highest BCUT2D eigenvalue weighted by atomic mass is 16.6. The van der Waals surface area contributed by atoms with Gasteiger partial charge in [-0.3, -0.25) is 14.4 Å². The summed E-state index contributed by atoms with van der Waals surface area (Å²) in [5.74, 6) is 1.10. The average molecular weight is 385 g/mol. The van der Waals surface area contributed by atoms with Crippen LogP contribution in [0.4, 0.5) is 0 Å². The van der Waals surface area contributed by atoms with E-state index in [1.54, 1.807) is 6.92 Å². The Balaban J connectivity index is 1.75. The number of fused-ring (bicyclic) bond motifs is 5. The topological polar surface area (TPSA) is 60.4 Å². The molecule has 0 aromatic carbocycles. The summed E-state index contributed by atoms with van der Waals surface area (Å²) in [6.45, 7) is 11.8. The van der Waals surface area contributed by atoms with E-state index in [1.165, 1.54) is 12.5 Å². The van der Waals surface area contributed by atoms with E-state index in [9.17, 15) is 14.4 Å². The molecule has 0 unspecified atom stereocenters. The Labute approximate surface area is 167 Å². The molecule has 4 aliphatic rings. The molecule has 0 aromatic heterocycles. The van der Waals surface area contributed by atoms with Crippen LogP contribution in [-0.4, -0.2) is 23.1 Å². The number of ketones is 2. The van der Waals surface area contributed by atoms with Crippen molar-refractivity contribution in [3.63, 3.8) is 0 Å². The Kier molecular flexibility index (Phi) is 4.30. The van der Waals surface area contributed by atoms with Gasteiger partial charge in [-0.05, 0) is 80.3 Å². The van der Waals surface area contributed by atoms with E-state index < -0.39 is 5.60 Å². The van der Waals surface area contributed by atoms with Crippen LogP contribution in [0.1, 0.15) is 72.6 Å². The lowest BCUT2D eigenvalue weighted by Crippen LogP contribution is -2.58. The molecule has 0 N–H and O–H groups in total. The quantitative estimate of drug-likeness (QED) is 0.654. The van der Waals surface area contributed by atoms with Crippen LogP contribution in [0.25, 0.3) is 0 Å². The van der Waals surface area contributed by atoms with E-state index in [0.29, 0.717) is 30.6 Å². The van der Waals surface area contributed by atoms with Gasteiger partial charge in [0.2, 0.25) is 0 Å². The van der Waals surface area contributed by atoms with Crippen LogP contribution in [0.3, 0.4) is 0 Å². The van der Waals surface area contributed by atoms with Gasteiger partial charge in [-0.1, -0.05) is 26.0 Å². The predicted octanol–water partition coefficient (Wildman–Crippen LogP) is 4.58. The molecule has 0 saturated heterocycles. The molecule has 0 aliphatic heterocycles. The van der Waals surface area contributed by atoms with Crippen molar-refractivity contribution in [3.05, 3.63) is 23.8 Å². The van der Waals surface area contributed by atoms with Gasteiger partial charge in [0.15, 0.2) is 17.2 Å². The third-order valence-corrected chi connectivity index (χ3v) is 8.94. The third kappa shape index (κ3) is 2.39. The Morgan fingerprint density at radius 3 is 2.43 bits per heavy atom. The maximum absolute atomic E-state index is 12.8. The molecule has 3 saturated carbocycles. The van der Waals surface area contributed by atoms with Gasteiger partial charge >= 0.3 is 5.97 Å². The number of carbonyl (C=O) groups excluding carboxylic acids is 3. The second kappa shape index (κ2) is 6.14. The van der Waals surface area contributed by atoms with Gasteiger partial charge in [-0.15, -0.1) is 0 Å². The van der Waals surface area contributed by atoms with Crippen LogP contribution in [0.2, 0.25) is 0 Å². The number of carbonyl (C=O) groups is 3. The SMILES string of the molecule is C=C1C[C@@H]2[C@H](CC[C@]3(C)[C@H]2CC[C@]3(OC(C)=O)C(C)=O)[C@@]2(C)CCC(=O)C=C12. The largest absolute Gasteiger partial charge is 0.451 e. The van der Waals surface area contributed by atoms with Crippen molar-refractivity contribution in [1.29, 1.82) is 0 Å². The lowest BCUT2D eigenvalue weighted by Gasteiger charge is -2.59. The first kappa shape index (κ1) is 19.6. The van der Waals surface area contributed by atoms with Gasteiger partial charge in [0.1, 0.15) is 0 Å². The Hall–Kier alpha value is -1.71. The van der Waals surface area contributed by atoms with Gasteiger partial charge in [0, 0.05) is 18.8 Å². The molecule has 4 aliphatic carbocycles. The first-order valence-electron chi connectivity index (χ1n) is 10.7. The lowest BCUT2D eigenvalue weighted by atomic mass is 9.45. The molecular weight excluding hydrogens is 352 g/mol. The third-order valence-electron chi connectivity index (χ3n) is 8.94. The average Bonchev–Trinajstić information content (AvgIpc) is 2.90. The Morgan fingerprint density at radius 1 is 1.11 bits per heavy atom. The van der Waals surface area contributed by atoms with Gasteiger partial charge in [-0.25, -0.2) is 0 Å². The molecule has 0 bridgehead atoms. The first-order chi connectivity index (χ1) is 13.0. The summed E-state index contributed by atoms with van der Waals surface area (Å²) in [6, 6.07) is 0. The van der Waals surface area contributed by atoms with Crippen molar-refractivity contribution in [2.45, 2.75) is 78.2 Å². The van der Waals surface area contributed by atoms with E-state index in [4.69, 9.17) is 4.74 Å². The monoisotopic (exact) mass is 384 g/mol. The van der Waals surface area contributed by atoms with E-state index >= 15 is 0 Å². The summed E-state index contributed by atoms with van der Waals surface area (Å²) >= 11 is 0. The number of allylic oxidation sites excluding steroid dienone is 2. The van der Waals surface area contributed by atoms with Crippen molar-refractivity contribution in [3.8, 4) is 0 Å². The summed E-state index contributed by atoms with van der Waals surface area (Å²) in [6.07, 6.45) is 7.66. The number of hydrogen-bond acceptors (Lipinski definition) is 4. The summed E-state index contributed by atoms with van der Waals surface area (Å²) in [7, 11) is 0. The second-order valence-electron chi connectivity index (χ2n) is 10.1. The molecule has 4 rings (SSSR count). The minimum absolute atomic E-state index is 0.00184. The number of hydrogen-bond donors (Lipinski definition) is 0. The van der Waals surface area contributed by atoms with Crippen LogP contribution in [-0.2, 0) is 19.1 Å². The van der Waals surface area contributed by atoms with Crippen LogP contribution in [0, 0.1) is 28.6 Å². The molecule has 4 heteroatoms. The zero-order valence-electron chi connectivity index (χ0n) is 17.6. The molecule has 28 heavy (non-hydrogen) atoms. The van der Waals surface area contributed by atoms with Crippen LogP contribution in [0.15, 0.2) is 23.8 Å². The first-order valence-corrected chi connectivity index (χ1v) is 10.7. The predicted molar refractivity (Wildman–Crippen MR) is 106 cm³/mol. The van der Waals surface area contributed by atoms with Crippen LogP contribution < -0.4 is 0 Å². The Bertz CT molecular complexity index is 807. The van der Waals surface area contributed by atoms with E-state index in [1.807, 2.05) is 6.08 Å². The Morgan fingerprint density at radius 2 is 1.79 bits per heavy atom. The van der Waals surface area contributed by atoms with E-state index in [-0.39, 0.29) is 28.4 Å². The maximum atomic E-state index is 12.8. The fourth-order valence-electron chi connectivity index (χ4n) is 7.63. The minimum atomic E-state index is -0.991. The summed E-state index contributed by atoms with van der Waals surface area (Å²) in [4.78, 5) is 36.7. The normalized spacial score (nSPS) is 44.9. The molecule has 4 nitrogen and oxygen atoms in total. The van der Waals surface area contributed by atoms with Crippen molar-refractivity contribution in [2.75, 3.05) is 0 Å². The number of esters is 1. The van der Waals surface area contributed by atoms with Crippen molar-refractivity contribution >= 4 is 17.5 Å². The van der Waals surface area contributed by atoms with Crippen LogP contribution >= 0.6 is 0 Å². The van der Waals surface area contributed by atoms with Crippen molar-refractivity contribution < 1.29 is 19.1 Å². The van der Waals surface area contributed by atoms with Gasteiger partial charge in [-0.2, -0.15) is 0 Å². The fourth-order valence-corrected chi connectivity index (χ4v) is 7.63. The highest BCUT2D eigenvalue weighted by molar-refractivity contribution is 5.92. The fraction of sp³-hybridized carbons (Fsp3) is 0.708. The van der Waals surface area contributed by atoms with Crippen molar-refractivity contribution in [2.24, 2.45) is 28.6 Å². The molecule has 0 radical (unpaired) electrons. The molecule has 152 valence electrons. The zero-order chi connectivity index (χ0) is 20.5. The molecule has 0 spiro atoms. The highest BCUT2D eigenvalue weighted by Crippen LogP contribution is 2.68. The van der Waals surface area contributed by atoms with E-state index in [0.717, 1.165) is 37.7 Å². The number of ether oxygens (including phenoxy) is 1. The van der Waals surface area contributed by atoms with Gasteiger partial charge in [0.25, 0.3) is 0 Å². The molecule has 3 fully saturated rings. The molecule has 0 amide bonds. The van der Waals surface area contributed by atoms with E-state index in [2.05, 4.69) is 20.4 Å². The standard InChI is InChI=1S/C24H32O4/c1-14-12-18-19(22(4)9-6-17(27)13-21(14)22)7-10-23(5)20(18)8-11-24(23,15(2)25)28-16(3)26/h13,18-20H,1,6-12H2,2-5H3/t18-,19+,20+,22-,23-,24+/m1/s1. The second-order valence-corrected chi connectivity index (χ2v) is 10.1. The smallest absolute Gasteiger partial charge is 0.303 e. The minimum Gasteiger partial charge on any atom is -0.451 e. The maximum Gasteiger partial charge on any atom is 0.303 e. The van der Waals surface area contributed by atoms with Crippen molar-refractivity contribution in [1.82, 2.24) is 0 Å².